The Hall–Kier alpha value is -3.79. The average molecular weight is 540 g/mol. The summed E-state index contributed by atoms with van der Waals surface area (Å²) < 4.78 is 41.4. The van der Waals surface area contributed by atoms with Crippen LogP contribution in [0.1, 0.15) is 27.0 Å². The fraction of sp³-hybridized carbons (Fsp3) is 0.379. The predicted octanol–water partition coefficient (Wildman–Crippen LogP) is 4.57. The number of ether oxygens (including phenoxy) is 1. The summed E-state index contributed by atoms with van der Waals surface area (Å²) in [6.45, 7) is 5.53. The third-order valence-electron chi connectivity index (χ3n) is 7.26. The number of aromatic nitrogens is 1. The molecule has 0 unspecified atom stereocenters. The smallest absolute Gasteiger partial charge is 0.406 e. The highest BCUT2D eigenvalue weighted by Crippen LogP contribution is 2.36. The van der Waals surface area contributed by atoms with Crippen molar-refractivity contribution in [2.45, 2.75) is 25.9 Å². The molecule has 0 spiro atoms. The van der Waals surface area contributed by atoms with Crippen LogP contribution in [0.3, 0.4) is 0 Å². The fourth-order valence-corrected chi connectivity index (χ4v) is 5.22. The van der Waals surface area contributed by atoms with Gasteiger partial charge in [-0.1, -0.05) is 12.1 Å². The van der Waals surface area contributed by atoms with Gasteiger partial charge in [-0.25, -0.2) is 0 Å². The Morgan fingerprint density at radius 3 is 2.28 bits per heavy atom. The molecular formula is C29H32F3N5O2. The van der Waals surface area contributed by atoms with Gasteiger partial charge in [0.2, 0.25) is 0 Å². The molecule has 1 amide bonds. The number of amides is 1. The van der Waals surface area contributed by atoms with Gasteiger partial charge in [0.15, 0.2) is 0 Å². The van der Waals surface area contributed by atoms with E-state index in [4.69, 9.17) is 0 Å². The fourth-order valence-electron chi connectivity index (χ4n) is 5.22. The minimum Gasteiger partial charge on any atom is -0.406 e. The Morgan fingerprint density at radius 2 is 1.64 bits per heavy atom. The summed E-state index contributed by atoms with van der Waals surface area (Å²) in [6, 6.07) is 14.0. The molecule has 206 valence electrons. The van der Waals surface area contributed by atoms with E-state index in [1.807, 2.05) is 31.4 Å². The molecule has 0 aliphatic carbocycles. The van der Waals surface area contributed by atoms with Gasteiger partial charge in [0, 0.05) is 78.0 Å². The van der Waals surface area contributed by atoms with Gasteiger partial charge >= 0.3 is 6.36 Å². The van der Waals surface area contributed by atoms with Crippen molar-refractivity contribution in [1.82, 2.24) is 14.8 Å². The second kappa shape index (κ2) is 11.1. The number of hydrogen-bond donors (Lipinski definition) is 0. The zero-order valence-corrected chi connectivity index (χ0v) is 22.1. The molecule has 2 aliphatic rings. The number of fused-ring (bicyclic) bond motifs is 1. The Labute approximate surface area is 226 Å². The maximum atomic E-state index is 13.4. The molecule has 0 atom stereocenters. The zero-order valence-electron chi connectivity index (χ0n) is 22.1. The lowest BCUT2D eigenvalue weighted by atomic mass is 10.0. The number of piperazine rings is 1. The maximum absolute atomic E-state index is 13.4. The number of pyridine rings is 1. The maximum Gasteiger partial charge on any atom is 0.573 e. The molecule has 0 radical (unpaired) electrons. The van der Waals surface area contributed by atoms with Crippen molar-refractivity contribution in [3.8, 4) is 5.75 Å². The summed E-state index contributed by atoms with van der Waals surface area (Å²) in [5.41, 5.74) is 5.68. The number of benzene rings is 2. The van der Waals surface area contributed by atoms with Crippen LogP contribution in [0.25, 0.3) is 0 Å². The van der Waals surface area contributed by atoms with Crippen molar-refractivity contribution in [1.29, 1.82) is 0 Å². The van der Waals surface area contributed by atoms with Crippen LogP contribution >= 0.6 is 0 Å². The van der Waals surface area contributed by atoms with Crippen LogP contribution in [0.4, 0.5) is 24.5 Å². The summed E-state index contributed by atoms with van der Waals surface area (Å²) in [6.07, 6.45) is -0.0691. The predicted molar refractivity (Wildman–Crippen MR) is 144 cm³/mol. The molecule has 2 aliphatic heterocycles. The lowest BCUT2D eigenvalue weighted by Crippen LogP contribution is -2.47. The molecule has 1 fully saturated rings. The van der Waals surface area contributed by atoms with Crippen molar-refractivity contribution in [3.05, 3.63) is 83.2 Å². The summed E-state index contributed by atoms with van der Waals surface area (Å²) >= 11 is 0. The molecule has 0 saturated carbocycles. The number of nitrogens with zero attached hydrogens (tertiary/aromatic N) is 5. The minimum atomic E-state index is -4.74. The van der Waals surface area contributed by atoms with E-state index in [1.54, 1.807) is 17.0 Å². The summed E-state index contributed by atoms with van der Waals surface area (Å²) in [5.74, 6) is -0.351. The largest absolute Gasteiger partial charge is 0.573 e. The van der Waals surface area contributed by atoms with Gasteiger partial charge in [0.1, 0.15) is 5.75 Å². The first-order valence-corrected chi connectivity index (χ1v) is 13.0. The highest BCUT2D eigenvalue weighted by Gasteiger charge is 2.33. The molecule has 3 aromatic rings. The van der Waals surface area contributed by atoms with E-state index in [2.05, 4.69) is 43.8 Å². The second-order valence-corrected chi connectivity index (χ2v) is 10.2. The summed E-state index contributed by atoms with van der Waals surface area (Å²) in [7, 11) is 3.87. The van der Waals surface area contributed by atoms with E-state index in [9.17, 15) is 18.0 Å². The van der Waals surface area contributed by atoms with Crippen molar-refractivity contribution < 1.29 is 22.7 Å². The van der Waals surface area contributed by atoms with Crippen LogP contribution < -0.4 is 14.5 Å². The van der Waals surface area contributed by atoms with Crippen molar-refractivity contribution in [3.63, 3.8) is 0 Å². The normalized spacial score (nSPS) is 16.0. The van der Waals surface area contributed by atoms with Crippen LogP contribution in [0, 0.1) is 0 Å². The monoisotopic (exact) mass is 539 g/mol. The molecule has 1 aromatic heterocycles. The van der Waals surface area contributed by atoms with Crippen LogP contribution in [0.15, 0.2) is 60.9 Å². The highest BCUT2D eigenvalue weighted by atomic mass is 19.4. The molecule has 0 bridgehead atoms. The van der Waals surface area contributed by atoms with Gasteiger partial charge in [-0.15, -0.1) is 13.2 Å². The number of alkyl halides is 3. The quantitative estimate of drug-likeness (QED) is 0.418. The Balaban J connectivity index is 1.25. The van der Waals surface area contributed by atoms with Crippen LogP contribution in [-0.2, 0) is 19.5 Å². The first-order chi connectivity index (χ1) is 18.7. The molecular weight excluding hydrogens is 507 g/mol. The third kappa shape index (κ3) is 6.44. The first kappa shape index (κ1) is 26.8. The molecule has 2 aromatic carbocycles. The van der Waals surface area contributed by atoms with E-state index in [0.29, 0.717) is 18.7 Å². The Bertz CT molecular complexity index is 1290. The minimum absolute atomic E-state index is 0.0724. The lowest BCUT2D eigenvalue weighted by Gasteiger charge is -2.36. The molecule has 0 N–H and O–H groups in total. The van der Waals surface area contributed by atoms with E-state index < -0.39 is 6.36 Å². The Morgan fingerprint density at radius 1 is 0.949 bits per heavy atom. The van der Waals surface area contributed by atoms with Crippen molar-refractivity contribution in [2.24, 2.45) is 0 Å². The highest BCUT2D eigenvalue weighted by molar-refractivity contribution is 6.04. The number of carbonyl (C=O) groups is 1. The number of hydrogen-bond acceptors (Lipinski definition) is 6. The number of carbonyl (C=O) groups excluding carboxylic acids is 1. The van der Waals surface area contributed by atoms with Gasteiger partial charge in [-0.05, 0) is 59.5 Å². The standard InChI is InChI=1S/C29H32F3N5O2/c1-34(2)26-18-24(36-15-13-35(14-16-36)12-9-21-7-10-33-11-8-21)17-23-20-37(28(38)27(23)26)19-22-3-5-25(6-4-22)39-29(30,31)32/h3-8,10-11,17-18H,9,12-16,19-20H2,1-2H3. The van der Waals surface area contributed by atoms with Crippen molar-refractivity contribution in [2.75, 3.05) is 56.6 Å². The van der Waals surface area contributed by atoms with Gasteiger partial charge in [-0.3, -0.25) is 14.7 Å². The van der Waals surface area contributed by atoms with Crippen molar-refractivity contribution >= 4 is 17.3 Å². The van der Waals surface area contributed by atoms with E-state index in [0.717, 1.165) is 61.6 Å². The molecule has 10 heteroatoms. The Kier molecular flexibility index (Phi) is 7.65. The van der Waals surface area contributed by atoms with E-state index in [1.165, 1.54) is 17.7 Å². The average Bonchev–Trinajstić information content (AvgIpc) is 3.22. The molecule has 5 rings (SSSR count). The molecule has 7 nitrogen and oxygen atoms in total. The molecule has 3 heterocycles. The van der Waals surface area contributed by atoms with Crippen LogP contribution in [0.2, 0.25) is 0 Å². The summed E-state index contributed by atoms with van der Waals surface area (Å²) in [4.78, 5) is 26.0. The topological polar surface area (TPSA) is 52.2 Å². The van der Waals surface area contributed by atoms with Crippen LogP contribution in [-0.4, -0.2) is 73.9 Å². The number of anilines is 2. The van der Waals surface area contributed by atoms with Gasteiger partial charge < -0.3 is 19.4 Å². The SMILES string of the molecule is CN(C)c1cc(N2CCN(CCc3ccncc3)CC2)cc2c1C(=O)N(Cc1ccc(OC(F)(F)F)cc1)C2. The molecule has 39 heavy (non-hydrogen) atoms. The van der Waals surface area contributed by atoms with Gasteiger partial charge in [-0.2, -0.15) is 0 Å². The van der Waals surface area contributed by atoms with Gasteiger partial charge in [0.05, 0.1) is 11.3 Å². The third-order valence-corrected chi connectivity index (χ3v) is 7.26. The van der Waals surface area contributed by atoms with E-state index >= 15 is 0 Å². The molecule has 1 saturated heterocycles. The van der Waals surface area contributed by atoms with Gasteiger partial charge in [0.25, 0.3) is 5.91 Å². The summed E-state index contributed by atoms with van der Waals surface area (Å²) in [5, 5.41) is 0. The van der Waals surface area contributed by atoms with Crippen LogP contribution in [0.5, 0.6) is 5.75 Å². The lowest BCUT2D eigenvalue weighted by molar-refractivity contribution is -0.274. The number of rotatable bonds is 8. The zero-order chi connectivity index (χ0) is 27.6. The first-order valence-electron chi connectivity index (χ1n) is 13.0. The second-order valence-electron chi connectivity index (χ2n) is 10.2. The van der Waals surface area contributed by atoms with E-state index in [-0.39, 0.29) is 11.7 Å². The number of halogens is 3.